The van der Waals surface area contributed by atoms with Crippen molar-refractivity contribution in [1.82, 2.24) is 0 Å². The Morgan fingerprint density at radius 2 is 0.892 bits per heavy atom. The summed E-state index contributed by atoms with van der Waals surface area (Å²) >= 11 is 0. The molecular weight excluding hydrogens is 544 g/mol. The first-order valence-electron chi connectivity index (χ1n) is 10.6. The smallest absolute Gasteiger partial charge is 0.294 e. The Hall–Kier alpha value is -3.01. The Balaban J connectivity index is 2.58. The summed E-state index contributed by atoms with van der Waals surface area (Å²) in [6.07, 6.45) is 0. The number of hydrogen-bond donors (Lipinski definition) is 3. The van der Waals surface area contributed by atoms with Gasteiger partial charge in [-0.25, -0.2) is 0 Å². The lowest BCUT2D eigenvalue weighted by Gasteiger charge is -2.26. The molecule has 3 rings (SSSR count). The van der Waals surface area contributed by atoms with E-state index < -0.39 is 51.0 Å². The Morgan fingerprint density at radius 1 is 0.541 bits per heavy atom. The minimum atomic E-state index is -4.93. The fraction of sp³-hybridized carbons (Fsp3) is 0.217. The molecule has 0 amide bonds. The molecule has 3 N–H and O–H groups in total. The number of anilines is 2. The molecule has 0 saturated carbocycles. The molecule has 0 aliphatic rings. The molecule has 200 valence electrons. The fourth-order valence-corrected chi connectivity index (χ4v) is 6.22. The molecule has 3 aromatic carbocycles. The lowest BCUT2D eigenvalue weighted by molar-refractivity contribution is 0.481. The summed E-state index contributed by atoms with van der Waals surface area (Å²) in [4.78, 5) is 1.28. The molecule has 14 heteroatoms. The monoisotopic (exact) mass is 570 g/mol. The highest BCUT2D eigenvalue weighted by Crippen LogP contribution is 2.42. The van der Waals surface area contributed by atoms with Crippen molar-refractivity contribution in [2.24, 2.45) is 0 Å². The zero-order valence-corrected chi connectivity index (χ0v) is 22.7. The maximum absolute atomic E-state index is 12.5. The third kappa shape index (κ3) is 6.11. The fourth-order valence-electron chi connectivity index (χ4n) is 3.98. The van der Waals surface area contributed by atoms with Gasteiger partial charge in [0.05, 0.1) is 4.90 Å². The average Bonchev–Trinajstić information content (AvgIpc) is 2.77. The molecule has 0 aliphatic heterocycles. The third-order valence-electron chi connectivity index (χ3n) is 5.71. The van der Waals surface area contributed by atoms with Crippen LogP contribution in [0.2, 0.25) is 0 Å². The van der Waals surface area contributed by atoms with E-state index in [9.17, 15) is 38.9 Å². The van der Waals surface area contributed by atoms with E-state index in [1.165, 1.54) is 42.5 Å². The van der Waals surface area contributed by atoms with Gasteiger partial charge in [-0.3, -0.25) is 13.7 Å². The van der Waals surface area contributed by atoms with Crippen molar-refractivity contribution in [3.63, 3.8) is 0 Å². The molecule has 37 heavy (non-hydrogen) atoms. The summed E-state index contributed by atoms with van der Waals surface area (Å²) < 4.78 is 105. The summed E-state index contributed by atoms with van der Waals surface area (Å²) in [5.74, 6) is -1.49. The van der Waals surface area contributed by atoms with Crippen molar-refractivity contribution < 1.29 is 38.9 Å². The van der Waals surface area contributed by atoms with Crippen molar-refractivity contribution in [2.45, 2.75) is 20.6 Å². The second-order valence-electron chi connectivity index (χ2n) is 8.63. The first-order chi connectivity index (χ1) is 16.9. The van der Waals surface area contributed by atoms with Crippen molar-refractivity contribution in [3.05, 3.63) is 77.4 Å². The van der Waals surface area contributed by atoms with Crippen LogP contribution in [-0.2, 0) is 30.4 Å². The van der Waals surface area contributed by atoms with E-state index in [1.54, 1.807) is 38.0 Å². The number of nitrogens with zero attached hydrogens (tertiary/aromatic N) is 2. The van der Waals surface area contributed by atoms with Gasteiger partial charge in [-0.05, 0) is 47.0 Å². The lowest BCUT2D eigenvalue weighted by Crippen LogP contribution is -2.18. The Bertz CT molecular complexity index is 1580. The summed E-state index contributed by atoms with van der Waals surface area (Å²) in [5.41, 5.74) is 0.181. The molecule has 0 aliphatic carbocycles. The zero-order chi connectivity index (χ0) is 27.9. The quantitative estimate of drug-likeness (QED) is 0.269. The van der Waals surface area contributed by atoms with E-state index in [0.29, 0.717) is 11.4 Å². The molecule has 0 spiro atoms. The van der Waals surface area contributed by atoms with Gasteiger partial charge in [0.2, 0.25) is 0 Å². The van der Waals surface area contributed by atoms with Gasteiger partial charge < -0.3 is 9.80 Å². The molecule has 0 radical (unpaired) electrons. The third-order valence-corrected chi connectivity index (χ3v) is 8.46. The van der Waals surface area contributed by atoms with E-state index in [1.807, 2.05) is 0 Å². The molecule has 0 heterocycles. The van der Waals surface area contributed by atoms with Crippen LogP contribution in [0.1, 0.15) is 22.6 Å². The van der Waals surface area contributed by atoms with Crippen LogP contribution in [0.3, 0.4) is 0 Å². The van der Waals surface area contributed by atoms with Crippen molar-refractivity contribution in [2.75, 3.05) is 38.0 Å². The van der Waals surface area contributed by atoms with Crippen LogP contribution in [0.15, 0.2) is 75.4 Å². The summed E-state index contributed by atoms with van der Waals surface area (Å²) in [5, 5.41) is 0. The lowest BCUT2D eigenvalue weighted by atomic mass is 9.84. The van der Waals surface area contributed by atoms with Gasteiger partial charge in [0.15, 0.2) is 0 Å². The SMILES string of the molecule is CN(C)c1ccc(C(c2ccccc2S(=O)(=O)O)c2ccc(N(C)C)cc2S(=O)(=O)O)c(S(=O)(=O)O)c1. The van der Waals surface area contributed by atoms with Crippen molar-refractivity contribution in [1.29, 1.82) is 0 Å². The molecule has 3 aromatic rings. The van der Waals surface area contributed by atoms with E-state index >= 15 is 0 Å². The second-order valence-corrected chi connectivity index (χ2v) is 12.8. The van der Waals surface area contributed by atoms with Crippen LogP contribution in [0.5, 0.6) is 0 Å². The Labute approximate surface area is 216 Å². The minimum absolute atomic E-state index is 0.185. The summed E-state index contributed by atoms with van der Waals surface area (Å²) in [6.45, 7) is 0. The van der Waals surface area contributed by atoms with Crippen LogP contribution >= 0.6 is 0 Å². The van der Waals surface area contributed by atoms with E-state index in [2.05, 4.69) is 0 Å². The zero-order valence-electron chi connectivity index (χ0n) is 20.3. The van der Waals surface area contributed by atoms with Gasteiger partial charge in [-0.2, -0.15) is 25.3 Å². The predicted octanol–water partition coefficient (Wildman–Crippen LogP) is 2.74. The van der Waals surface area contributed by atoms with Crippen LogP contribution < -0.4 is 9.80 Å². The number of rotatable bonds is 8. The Kier molecular flexibility index (Phi) is 7.75. The normalized spacial score (nSPS) is 12.5. The first-order valence-corrected chi connectivity index (χ1v) is 14.9. The van der Waals surface area contributed by atoms with Gasteiger partial charge in [-0.1, -0.05) is 30.3 Å². The molecule has 0 fully saturated rings. The van der Waals surface area contributed by atoms with Gasteiger partial charge in [0.25, 0.3) is 30.4 Å². The van der Waals surface area contributed by atoms with Gasteiger partial charge in [-0.15, -0.1) is 0 Å². The molecule has 0 unspecified atom stereocenters. The molecule has 0 aromatic heterocycles. The topological polar surface area (TPSA) is 170 Å². The average molecular weight is 571 g/mol. The van der Waals surface area contributed by atoms with Crippen molar-refractivity contribution in [3.8, 4) is 0 Å². The highest BCUT2D eigenvalue weighted by molar-refractivity contribution is 7.86. The molecular formula is C23H26N2O9S3. The van der Waals surface area contributed by atoms with Crippen LogP contribution in [0.25, 0.3) is 0 Å². The van der Waals surface area contributed by atoms with Gasteiger partial charge in [0, 0.05) is 45.5 Å². The molecule has 0 saturated heterocycles. The Morgan fingerprint density at radius 3 is 1.24 bits per heavy atom. The molecule has 0 atom stereocenters. The first kappa shape index (κ1) is 28.6. The number of hydrogen-bond acceptors (Lipinski definition) is 8. The van der Waals surface area contributed by atoms with E-state index in [0.717, 1.165) is 18.2 Å². The summed E-state index contributed by atoms with van der Waals surface area (Å²) in [7, 11) is -8.21. The largest absolute Gasteiger partial charge is 0.378 e. The molecule has 0 bridgehead atoms. The predicted molar refractivity (Wildman–Crippen MR) is 138 cm³/mol. The highest BCUT2D eigenvalue weighted by Gasteiger charge is 2.33. The van der Waals surface area contributed by atoms with Crippen LogP contribution in [-0.4, -0.2) is 67.1 Å². The van der Waals surface area contributed by atoms with Gasteiger partial charge in [0.1, 0.15) is 9.79 Å². The number of benzene rings is 3. The van der Waals surface area contributed by atoms with Crippen molar-refractivity contribution >= 4 is 41.7 Å². The van der Waals surface area contributed by atoms with E-state index in [4.69, 9.17) is 0 Å². The highest BCUT2D eigenvalue weighted by atomic mass is 32.2. The second kappa shape index (κ2) is 10.0. The van der Waals surface area contributed by atoms with E-state index in [-0.39, 0.29) is 16.7 Å². The van der Waals surface area contributed by atoms with Crippen LogP contribution in [0.4, 0.5) is 11.4 Å². The maximum atomic E-state index is 12.5. The maximum Gasteiger partial charge on any atom is 0.294 e. The van der Waals surface area contributed by atoms with Gasteiger partial charge >= 0.3 is 0 Å². The minimum Gasteiger partial charge on any atom is -0.378 e. The summed E-state index contributed by atoms with van der Waals surface area (Å²) in [6, 6.07) is 13.0. The van der Waals surface area contributed by atoms with Crippen LogP contribution in [0, 0.1) is 0 Å². The standard InChI is InChI=1S/C23H26N2O9S3/c1-24(2)15-9-11-18(21(13-15)36(29,30)31)23(17-7-5-6-8-20(17)35(26,27)28)19-12-10-16(25(3)4)14-22(19)37(32,33)34/h5-14,23H,1-4H3,(H,26,27,28)(H,29,30,31)(H,32,33,34). The molecule has 11 nitrogen and oxygen atoms in total.